The molecular weight excluding hydrogens is 562 g/mol. The summed E-state index contributed by atoms with van der Waals surface area (Å²) < 4.78 is 66.9. The second kappa shape index (κ2) is 9.57. The summed E-state index contributed by atoms with van der Waals surface area (Å²) in [5, 5.41) is 8.31. The van der Waals surface area contributed by atoms with Gasteiger partial charge >= 0.3 is 6.18 Å². The van der Waals surface area contributed by atoms with E-state index in [1.165, 1.54) is 23.0 Å². The van der Waals surface area contributed by atoms with Crippen molar-refractivity contribution < 1.29 is 21.6 Å². The average Bonchev–Trinajstić information content (AvgIpc) is 3.51. The van der Waals surface area contributed by atoms with Crippen molar-refractivity contribution in [2.45, 2.75) is 11.1 Å². The fourth-order valence-corrected chi connectivity index (χ4v) is 4.90. The highest BCUT2D eigenvalue weighted by Crippen LogP contribution is 2.35. The highest BCUT2D eigenvalue weighted by Gasteiger charge is 2.35. The fourth-order valence-electron chi connectivity index (χ4n) is 3.88. The Bertz CT molecular complexity index is 1760. The van der Waals surface area contributed by atoms with Crippen molar-refractivity contribution in [1.29, 1.82) is 0 Å². The second-order valence-electron chi connectivity index (χ2n) is 8.30. The normalized spacial score (nSPS) is 12.2. The molecule has 0 saturated heterocycles. The molecule has 13 heteroatoms. The molecule has 5 aromatic rings. The lowest BCUT2D eigenvalue weighted by atomic mass is 10.0. The van der Waals surface area contributed by atoms with Crippen LogP contribution < -0.4 is 0 Å². The number of benzene rings is 3. The zero-order chi connectivity index (χ0) is 27.2. The molecule has 0 saturated carbocycles. The number of hydrogen-bond acceptors (Lipinski definition) is 5. The number of rotatable bonds is 5. The first-order chi connectivity index (χ1) is 17.9. The molecule has 0 unspecified atom stereocenters. The summed E-state index contributed by atoms with van der Waals surface area (Å²) in [6, 6.07) is 18.1. The maximum atomic E-state index is 13.4. The molecule has 0 radical (unpaired) electrons. The third kappa shape index (κ3) is 5.04. The van der Waals surface area contributed by atoms with Gasteiger partial charge in [-0.3, -0.25) is 4.57 Å². The third-order valence-electron chi connectivity index (χ3n) is 5.70. The van der Waals surface area contributed by atoms with Gasteiger partial charge in [0, 0.05) is 23.0 Å². The largest absolute Gasteiger partial charge is 0.434 e. The van der Waals surface area contributed by atoms with Crippen LogP contribution in [-0.4, -0.2) is 39.2 Å². The number of hydrogen-bond donors (Lipinski definition) is 0. The van der Waals surface area contributed by atoms with Crippen LogP contribution in [0.2, 0.25) is 10.3 Å². The van der Waals surface area contributed by atoms with Crippen molar-refractivity contribution in [3.05, 3.63) is 95.1 Å². The maximum absolute atomic E-state index is 13.4. The van der Waals surface area contributed by atoms with E-state index < -0.39 is 27.0 Å². The Morgan fingerprint density at radius 2 is 1.55 bits per heavy atom. The van der Waals surface area contributed by atoms with Gasteiger partial charge in [-0.05, 0) is 59.1 Å². The summed E-state index contributed by atoms with van der Waals surface area (Å²) in [4.78, 5) is 3.59. The van der Waals surface area contributed by atoms with Crippen LogP contribution in [0.4, 0.5) is 13.2 Å². The van der Waals surface area contributed by atoms with Crippen LogP contribution >= 0.6 is 23.2 Å². The van der Waals surface area contributed by atoms with E-state index in [2.05, 4.69) is 15.3 Å². The minimum Gasteiger partial charge on any atom is -0.288 e. The summed E-state index contributed by atoms with van der Waals surface area (Å²) in [7, 11) is -3.48. The molecule has 0 amide bonds. The molecule has 0 N–H and O–H groups in total. The molecule has 5 rings (SSSR count). The monoisotopic (exact) mass is 577 g/mol. The van der Waals surface area contributed by atoms with Gasteiger partial charge in [-0.1, -0.05) is 47.1 Å². The lowest BCUT2D eigenvalue weighted by Gasteiger charge is -2.15. The smallest absolute Gasteiger partial charge is 0.288 e. The van der Waals surface area contributed by atoms with Gasteiger partial charge in [0.25, 0.3) is 0 Å². The Morgan fingerprint density at radius 3 is 2.21 bits per heavy atom. The van der Waals surface area contributed by atoms with E-state index in [4.69, 9.17) is 23.2 Å². The molecule has 194 valence electrons. The Hall–Kier alpha value is -3.67. The summed E-state index contributed by atoms with van der Waals surface area (Å²) in [5.74, 6) is 0. The average molecular weight is 578 g/mol. The van der Waals surface area contributed by atoms with Gasteiger partial charge in [0.05, 0.1) is 28.2 Å². The second-order valence-corrected chi connectivity index (χ2v) is 11.1. The molecule has 0 aliphatic carbocycles. The maximum Gasteiger partial charge on any atom is 0.434 e. The first-order valence-corrected chi connectivity index (χ1v) is 13.5. The minimum absolute atomic E-state index is 0.121. The lowest BCUT2D eigenvalue weighted by Crippen LogP contribution is -2.07. The summed E-state index contributed by atoms with van der Waals surface area (Å²) in [6.07, 6.45) is -1.30. The number of imidazole rings is 1. The molecule has 0 atom stereocenters. The van der Waals surface area contributed by atoms with Crippen LogP contribution in [0.1, 0.15) is 5.69 Å². The van der Waals surface area contributed by atoms with Crippen molar-refractivity contribution >= 4 is 33.0 Å². The molecule has 3 aromatic carbocycles. The number of alkyl halides is 3. The van der Waals surface area contributed by atoms with Crippen LogP contribution in [0.15, 0.2) is 84.0 Å². The number of halogens is 5. The number of sulfone groups is 1. The van der Waals surface area contributed by atoms with Crippen LogP contribution in [0.5, 0.6) is 0 Å². The molecule has 0 bridgehead atoms. The molecule has 7 nitrogen and oxygen atoms in total. The van der Waals surface area contributed by atoms with Crippen molar-refractivity contribution in [2.75, 3.05) is 6.26 Å². The first kappa shape index (κ1) is 26.0. The summed E-state index contributed by atoms with van der Waals surface area (Å²) >= 11 is 12.2. The van der Waals surface area contributed by atoms with Gasteiger partial charge in [-0.15, -0.1) is 5.10 Å². The van der Waals surface area contributed by atoms with Gasteiger partial charge in [0.1, 0.15) is 0 Å². The summed E-state index contributed by atoms with van der Waals surface area (Å²) in [6.45, 7) is 0. The molecule has 0 aliphatic heterocycles. The van der Waals surface area contributed by atoms with E-state index in [0.717, 1.165) is 17.0 Å². The predicted molar refractivity (Wildman–Crippen MR) is 137 cm³/mol. The number of nitrogens with zero attached hydrogens (tertiary/aromatic N) is 5. The van der Waals surface area contributed by atoms with E-state index in [1.807, 2.05) is 0 Å². The third-order valence-corrected chi connectivity index (χ3v) is 7.33. The van der Waals surface area contributed by atoms with E-state index in [0.29, 0.717) is 33.1 Å². The van der Waals surface area contributed by atoms with E-state index in [9.17, 15) is 21.6 Å². The molecule has 2 heterocycles. The van der Waals surface area contributed by atoms with Crippen molar-refractivity contribution in [1.82, 2.24) is 24.5 Å². The molecule has 0 spiro atoms. The van der Waals surface area contributed by atoms with Gasteiger partial charge in [0.15, 0.2) is 15.5 Å². The van der Waals surface area contributed by atoms with E-state index in [1.54, 1.807) is 54.6 Å². The Labute approximate surface area is 225 Å². The Morgan fingerprint density at radius 1 is 0.868 bits per heavy atom. The van der Waals surface area contributed by atoms with Gasteiger partial charge in [0.2, 0.25) is 5.28 Å². The van der Waals surface area contributed by atoms with Crippen LogP contribution in [-0.2, 0) is 16.0 Å². The Balaban J connectivity index is 1.75. The highest BCUT2D eigenvalue weighted by molar-refractivity contribution is 7.90. The predicted octanol–water partition coefficient (Wildman–Crippen LogP) is 6.52. The first-order valence-electron chi connectivity index (χ1n) is 10.9. The molecule has 0 aliphatic rings. The van der Waals surface area contributed by atoms with Gasteiger partial charge < -0.3 is 0 Å². The Kier molecular flexibility index (Phi) is 6.54. The zero-order valence-electron chi connectivity index (χ0n) is 19.4. The molecule has 2 aromatic heterocycles. The molecular formula is C25H16Cl2F3N5O2S. The van der Waals surface area contributed by atoms with E-state index >= 15 is 0 Å². The van der Waals surface area contributed by atoms with Crippen molar-refractivity contribution in [3.8, 4) is 33.8 Å². The van der Waals surface area contributed by atoms with Crippen molar-refractivity contribution in [2.24, 2.45) is 0 Å². The highest BCUT2D eigenvalue weighted by atomic mass is 35.5. The standard InChI is InChI=1S/C25H16Cl2F3N5O2S/c1-38(36,37)19-4-2-3-16(11-19)17-7-10-20(34-14-23(25(28,29)30)32-24(34)27)21(12-17)35-22(13-31-33-35)15-5-8-18(26)9-6-15/h2-14H,1H3. The van der Waals surface area contributed by atoms with Gasteiger partial charge in [-0.2, -0.15) is 13.2 Å². The quantitative estimate of drug-likeness (QED) is 0.237. The minimum atomic E-state index is -4.71. The van der Waals surface area contributed by atoms with Crippen LogP contribution in [0, 0.1) is 0 Å². The van der Waals surface area contributed by atoms with Crippen LogP contribution in [0.3, 0.4) is 0 Å². The van der Waals surface area contributed by atoms with Crippen molar-refractivity contribution in [3.63, 3.8) is 0 Å². The summed E-state index contributed by atoms with van der Waals surface area (Å²) in [5.41, 5.74) is 1.78. The molecule has 38 heavy (non-hydrogen) atoms. The van der Waals surface area contributed by atoms with E-state index in [-0.39, 0.29) is 10.6 Å². The SMILES string of the molecule is CS(=O)(=O)c1cccc(-c2ccc(-n3cc(C(F)(F)F)nc3Cl)c(-n3nncc3-c3ccc(Cl)cc3)c2)c1. The van der Waals surface area contributed by atoms with Crippen LogP contribution in [0.25, 0.3) is 33.8 Å². The van der Waals surface area contributed by atoms with Gasteiger partial charge in [-0.25, -0.2) is 18.1 Å². The number of aromatic nitrogens is 5. The lowest BCUT2D eigenvalue weighted by molar-refractivity contribution is -0.140. The zero-order valence-corrected chi connectivity index (χ0v) is 21.7. The fraction of sp³-hybridized carbons (Fsp3) is 0.0800. The topological polar surface area (TPSA) is 82.7 Å². The molecule has 0 fully saturated rings.